The lowest BCUT2D eigenvalue weighted by Crippen LogP contribution is -2.03. The minimum Gasteiger partial charge on any atom is -0.298 e. The second-order valence-electron chi connectivity index (χ2n) is 2.80. The van der Waals surface area contributed by atoms with Gasteiger partial charge in [0.1, 0.15) is 11.6 Å². The Labute approximate surface area is 86.9 Å². The molecule has 0 aromatic heterocycles. The third-order valence-electron chi connectivity index (χ3n) is 1.73. The van der Waals surface area contributed by atoms with E-state index in [1.165, 1.54) is 12.1 Å². The van der Waals surface area contributed by atoms with Crippen LogP contribution in [0.4, 0.5) is 4.39 Å². The summed E-state index contributed by atoms with van der Waals surface area (Å²) < 4.78 is 13.2. The maximum absolute atomic E-state index is 13.2. The van der Waals surface area contributed by atoms with Crippen molar-refractivity contribution in [2.75, 3.05) is 0 Å². The number of terminal acetylenes is 1. The molecule has 0 aliphatic heterocycles. The Kier molecular flexibility index (Phi) is 3.67. The Morgan fingerprint density at radius 3 is 2.86 bits per heavy atom. The molecular formula is C11H8ClFO. The minimum atomic E-state index is -0.470. The molecular weight excluding hydrogens is 203 g/mol. The number of ketones is 1. The molecule has 0 saturated carbocycles. The molecule has 1 aromatic rings. The quantitative estimate of drug-likeness (QED) is 0.701. The van der Waals surface area contributed by atoms with Crippen molar-refractivity contribution in [3.05, 3.63) is 34.6 Å². The van der Waals surface area contributed by atoms with Gasteiger partial charge in [0.15, 0.2) is 0 Å². The topological polar surface area (TPSA) is 17.1 Å². The molecule has 0 saturated heterocycles. The fraction of sp³-hybridized carbons (Fsp3) is 0.182. The third kappa shape index (κ3) is 2.58. The molecule has 0 unspecified atom stereocenters. The average Bonchev–Trinajstić information content (AvgIpc) is 2.12. The van der Waals surface area contributed by atoms with E-state index in [2.05, 4.69) is 5.92 Å². The summed E-state index contributed by atoms with van der Waals surface area (Å²) in [6.07, 6.45) is 4.92. The van der Waals surface area contributed by atoms with Gasteiger partial charge in [-0.25, -0.2) is 4.39 Å². The first-order valence-corrected chi connectivity index (χ1v) is 4.41. The fourth-order valence-corrected chi connectivity index (χ4v) is 1.30. The first-order chi connectivity index (χ1) is 6.65. The van der Waals surface area contributed by atoms with E-state index in [1.807, 2.05) is 0 Å². The van der Waals surface area contributed by atoms with Crippen LogP contribution in [0.3, 0.4) is 0 Å². The van der Waals surface area contributed by atoms with Gasteiger partial charge in [-0.3, -0.25) is 4.79 Å². The molecule has 0 heterocycles. The standard InChI is InChI=1S/C11H8ClFO/c1-2-4-8(14)7-9-10(12)5-3-6-11(9)13/h1,3,5-6H,4,7H2. The van der Waals surface area contributed by atoms with Gasteiger partial charge in [-0.2, -0.15) is 0 Å². The Bertz CT molecular complexity index is 373. The summed E-state index contributed by atoms with van der Waals surface area (Å²) in [5.74, 6) is 1.53. The fourth-order valence-electron chi connectivity index (χ4n) is 1.07. The van der Waals surface area contributed by atoms with Crippen molar-refractivity contribution in [3.63, 3.8) is 0 Å². The van der Waals surface area contributed by atoms with Crippen molar-refractivity contribution in [2.45, 2.75) is 12.8 Å². The number of halogens is 2. The molecule has 1 nitrogen and oxygen atoms in total. The molecule has 1 rings (SSSR count). The summed E-state index contributed by atoms with van der Waals surface area (Å²) in [5.41, 5.74) is 0.217. The van der Waals surface area contributed by atoms with Gasteiger partial charge in [0, 0.05) is 17.0 Å². The lowest BCUT2D eigenvalue weighted by molar-refractivity contribution is -0.117. The highest BCUT2D eigenvalue weighted by Crippen LogP contribution is 2.19. The maximum Gasteiger partial charge on any atom is 0.149 e. The second-order valence-corrected chi connectivity index (χ2v) is 3.20. The van der Waals surface area contributed by atoms with E-state index in [4.69, 9.17) is 18.0 Å². The van der Waals surface area contributed by atoms with E-state index in [1.54, 1.807) is 6.07 Å². The maximum atomic E-state index is 13.2. The van der Waals surface area contributed by atoms with Crippen LogP contribution >= 0.6 is 11.6 Å². The lowest BCUT2D eigenvalue weighted by Gasteiger charge is -2.03. The predicted molar refractivity (Wildman–Crippen MR) is 53.6 cm³/mol. The van der Waals surface area contributed by atoms with Gasteiger partial charge in [0.25, 0.3) is 0 Å². The van der Waals surface area contributed by atoms with Gasteiger partial charge < -0.3 is 0 Å². The van der Waals surface area contributed by atoms with Crippen LogP contribution in [0.1, 0.15) is 12.0 Å². The smallest absolute Gasteiger partial charge is 0.149 e. The van der Waals surface area contributed by atoms with Crippen LogP contribution in [0.5, 0.6) is 0 Å². The van der Waals surface area contributed by atoms with Crippen LogP contribution in [0.15, 0.2) is 18.2 Å². The molecule has 0 aliphatic rings. The molecule has 72 valence electrons. The SMILES string of the molecule is C#CCC(=O)Cc1c(F)cccc1Cl. The highest BCUT2D eigenvalue weighted by Gasteiger charge is 2.10. The van der Waals surface area contributed by atoms with Crippen molar-refractivity contribution in [1.29, 1.82) is 0 Å². The summed E-state index contributed by atoms with van der Waals surface area (Å²) >= 11 is 5.73. The van der Waals surface area contributed by atoms with E-state index in [0.29, 0.717) is 0 Å². The zero-order valence-electron chi connectivity index (χ0n) is 7.39. The monoisotopic (exact) mass is 210 g/mol. The number of hydrogen-bond acceptors (Lipinski definition) is 1. The second kappa shape index (κ2) is 4.78. The highest BCUT2D eigenvalue weighted by atomic mass is 35.5. The van der Waals surface area contributed by atoms with E-state index in [0.717, 1.165) is 0 Å². The predicted octanol–water partition coefficient (Wildman–Crippen LogP) is 2.61. The summed E-state index contributed by atoms with van der Waals surface area (Å²) in [4.78, 5) is 11.1. The van der Waals surface area contributed by atoms with Crippen LogP contribution in [-0.4, -0.2) is 5.78 Å². The molecule has 0 N–H and O–H groups in total. The molecule has 0 spiro atoms. The number of Topliss-reactive ketones (excluding diaryl/α,β-unsaturated/α-hetero) is 1. The Hall–Kier alpha value is -1.33. The number of rotatable bonds is 3. The van der Waals surface area contributed by atoms with Crippen LogP contribution < -0.4 is 0 Å². The first kappa shape index (κ1) is 10.7. The minimum absolute atomic E-state index is 0.00463. The van der Waals surface area contributed by atoms with Gasteiger partial charge in [-0.1, -0.05) is 23.6 Å². The van der Waals surface area contributed by atoms with Gasteiger partial charge in [0.2, 0.25) is 0 Å². The largest absolute Gasteiger partial charge is 0.298 e. The molecule has 0 fully saturated rings. The molecule has 3 heteroatoms. The van der Waals surface area contributed by atoms with E-state index in [9.17, 15) is 9.18 Å². The van der Waals surface area contributed by atoms with Gasteiger partial charge in [-0.05, 0) is 12.1 Å². The summed E-state index contributed by atoms with van der Waals surface area (Å²) in [7, 11) is 0. The summed E-state index contributed by atoms with van der Waals surface area (Å²) in [5, 5.41) is 0.260. The van der Waals surface area contributed by atoms with Gasteiger partial charge in [-0.15, -0.1) is 6.42 Å². The van der Waals surface area contributed by atoms with Crippen molar-refractivity contribution in [3.8, 4) is 12.3 Å². The van der Waals surface area contributed by atoms with Crippen molar-refractivity contribution in [1.82, 2.24) is 0 Å². The third-order valence-corrected chi connectivity index (χ3v) is 2.09. The lowest BCUT2D eigenvalue weighted by atomic mass is 10.1. The number of benzene rings is 1. The molecule has 0 bridgehead atoms. The number of carbonyl (C=O) groups excluding carboxylic acids is 1. The first-order valence-electron chi connectivity index (χ1n) is 4.03. The normalized spacial score (nSPS) is 9.50. The summed E-state index contributed by atoms with van der Waals surface area (Å²) in [6, 6.07) is 4.31. The zero-order valence-corrected chi connectivity index (χ0v) is 8.14. The number of carbonyl (C=O) groups is 1. The van der Waals surface area contributed by atoms with Crippen molar-refractivity contribution in [2.24, 2.45) is 0 Å². The van der Waals surface area contributed by atoms with Gasteiger partial charge in [0.05, 0.1) is 6.42 Å². The van der Waals surface area contributed by atoms with E-state index < -0.39 is 5.82 Å². The molecule has 0 aliphatic carbocycles. The average molecular weight is 211 g/mol. The van der Waals surface area contributed by atoms with E-state index in [-0.39, 0.29) is 29.2 Å². The van der Waals surface area contributed by atoms with Crippen molar-refractivity contribution >= 4 is 17.4 Å². The Morgan fingerprint density at radius 2 is 2.29 bits per heavy atom. The number of hydrogen-bond donors (Lipinski definition) is 0. The highest BCUT2D eigenvalue weighted by molar-refractivity contribution is 6.31. The van der Waals surface area contributed by atoms with Crippen LogP contribution in [0, 0.1) is 18.2 Å². The van der Waals surface area contributed by atoms with E-state index >= 15 is 0 Å². The zero-order chi connectivity index (χ0) is 10.6. The molecule has 0 amide bonds. The van der Waals surface area contributed by atoms with Crippen molar-refractivity contribution < 1.29 is 9.18 Å². The van der Waals surface area contributed by atoms with Crippen LogP contribution in [-0.2, 0) is 11.2 Å². The molecule has 0 radical (unpaired) electrons. The van der Waals surface area contributed by atoms with Crippen LogP contribution in [0.2, 0.25) is 5.02 Å². The Morgan fingerprint density at radius 1 is 1.57 bits per heavy atom. The van der Waals surface area contributed by atoms with Crippen LogP contribution in [0.25, 0.3) is 0 Å². The summed E-state index contributed by atoms with van der Waals surface area (Å²) in [6.45, 7) is 0. The molecule has 0 atom stereocenters. The molecule has 14 heavy (non-hydrogen) atoms. The van der Waals surface area contributed by atoms with Gasteiger partial charge >= 0.3 is 0 Å². The Balaban J connectivity index is 2.87. The molecule has 1 aromatic carbocycles.